The smallest absolute Gasteiger partial charge is 0.274 e. The van der Waals surface area contributed by atoms with Crippen molar-refractivity contribution in [2.45, 2.75) is 33.2 Å². The van der Waals surface area contributed by atoms with Crippen molar-refractivity contribution in [3.63, 3.8) is 0 Å². The van der Waals surface area contributed by atoms with Crippen LogP contribution in [0.5, 0.6) is 11.5 Å². The van der Waals surface area contributed by atoms with Gasteiger partial charge in [0, 0.05) is 23.0 Å². The molecule has 1 aromatic carbocycles. The van der Waals surface area contributed by atoms with Gasteiger partial charge in [0.05, 0.1) is 0 Å². The summed E-state index contributed by atoms with van der Waals surface area (Å²) >= 11 is 0. The van der Waals surface area contributed by atoms with Crippen molar-refractivity contribution in [3.05, 3.63) is 35.7 Å². The number of hydrogen-bond donors (Lipinski definition) is 2. The second kappa shape index (κ2) is 6.58. The molecule has 0 unspecified atom stereocenters. The Balaban J connectivity index is 1.79. The number of nitrogens with one attached hydrogen (secondary N) is 2. The summed E-state index contributed by atoms with van der Waals surface area (Å²) in [5.41, 5.74) is 1.44. The first-order chi connectivity index (χ1) is 11.8. The summed E-state index contributed by atoms with van der Waals surface area (Å²) in [6.45, 7) is 8.88. The molecule has 7 heteroatoms. The van der Waals surface area contributed by atoms with Crippen molar-refractivity contribution >= 4 is 17.5 Å². The number of fused-ring (bicyclic) bond motifs is 1. The summed E-state index contributed by atoms with van der Waals surface area (Å²) in [5, 5.41) is 6.02. The van der Waals surface area contributed by atoms with Gasteiger partial charge in [-0.2, -0.15) is 0 Å². The number of nitrogens with zero attached hydrogens (tertiary/aromatic N) is 2. The third-order valence-corrected chi connectivity index (χ3v) is 3.37. The van der Waals surface area contributed by atoms with Gasteiger partial charge in [-0.15, -0.1) is 0 Å². The zero-order valence-corrected chi connectivity index (χ0v) is 14.8. The maximum absolute atomic E-state index is 12.6. The fraction of sp³-hybridized carbons (Fsp3) is 0.389. The van der Waals surface area contributed by atoms with E-state index in [0.29, 0.717) is 47.7 Å². The van der Waals surface area contributed by atoms with E-state index in [2.05, 4.69) is 20.6 Å². The lowest BCUT2D eigenvalue weighted by Crippen LogP contribution is -2.28. The second-order valence-electron chi connectivity index (χ2n) is 6.91. The highest BCUT2D eigenvalue weighted by molar-refractivity contribution is 6.03. The molecule has 3 rings (SSSR count). The van der Waals surface area contributed by atoms with Gasteiger partial charge in [-0.25, -0.2) is 9.97 Å². The van der Waals surface area contributed by atoms with Gasteiger partial charge in [-0.3, -0.25) is 4.79 Å². The fourth-order valence-electron chi connectivity index (χ4n) is 2.39. The fourth-order valence-corrected chi connectivity index (χ4v) is 2.39. The molecule has 2 N–H and O–H groups in total. The van der Waals surface area contributed by atoms with E-state index in [1.807, 2.05) is 27.7 Å². The van der Waals surface area contributed by atoms with E-state index in [9.17, 15) is 4.79 Å². The van der Waals surface area contributed by atoms with Crippen molar-refractivity contribution in [1.82, 2.24) is 9.97 Å². The zero-order chi connectivity index (χ0) is 18.0. The van der Waals surface area contributed by atoms with Gasteiger partial charge < -0.3 is 20.1 Å². The van der Waals surface area contributed by atoms with Crippen LogP contribution >= 0.6 is 0 Å². The van der Waals surface area contributed by atoms with E-state index >= 15 is 0 Å². The van der Waals surface area contributed by atoms with E-state index < -0.39 is 0 Å². The number of aromatic nitrogens is 2. The lowest BCUT2D eigenvalue weighted by molar-refractivity contribution is 0.102. The predicted octanol–water partition coefficient (Wildman–Crippen LogP) is 3.02. The van der Waals surface area contributed by atoms with Crippen LogP contribution in [0.4, 0.5) is 11.6 Å². The maximum atomic E-state index is 12.6. The van der Waals surface area contributed by atoms with Crippen LogP contribution in [0.2, 0.25) is 0 Å². The van der Waals surface area contributed by atoms with Crippen LogP contribution in [0.25, 0.3) is 0 Å². The number of aryl methyl sites for hydroxylation is 1. The second-order valence-corrected chi connectivity index (χ2v) is 6.91. The Labute approximate surface area is 146 Å². The van der Waals surface area contributed by atoms with Crippen LogP contribution in [0, 0.1) is 6.92 Å². The minimum atomic E-state index is -0.306. The van der Waals surface area contributed by atoms with Crippen molar-refractivity contribution in [2.75, 3.05) is 23.8 Å². The van der Waals surface area contributed by atoms with Crippen LogP contribution in [0.3, 0.4) is 0 Å². The Morgan fingerprint density at radius 1 is 1.08 bits per heavy atom. The lowest BCUT2D eigenvalue weighted by atomic mass is 10.1. The third-order valence-electron chi connectivity index (χ3n) is 3.37. The van der Waals surface area contributed by atoms with Crippen LogP contribution in [-0.2, 0) is 0 Å². The van der Waals surface area contributed by atoms with Gasteiger partial charge in [0.25, 0.3) is 5.91 Å². The minimum absolute atomic E-state index is 0.197. The SMILES string of the molecule is Cc1cc(C(=O)Nc2ccc3c(c2)OCCO3)nc(NC(C)(C)C)n1. The third kappa shape index (κ3) is 4.37. The summed E-state index contributed by atoms with van der Waals surface area (Å²) < 4.78 is 11.0. The summed E-state index contributed by atoms with van der Waals surface area (Å²) in [6, 6.07) is 6.95. The molecule has 1 amide bonds. The number of carbonyl (C=O) groups is 1. The van der Waals surface area contributed by atoms with E-state index in [0.717, 1.165) is 0 Å². The molecule has 1 aliphatic rings. The van der Waals surface area contributed by atoms with Crippen molar-refractivity contribution in [3.8, 4) is 11.5 Å². The Morgan fingerprint density at radius 2 is 1.80 bits per heavy atom. The first kappa shape index (κ1) is 17.0. The summed E-state index contributed by atoms with van der Waals surface area (Å²) in [4.78, 5) is 21.2. The van der Waals surface area contributed by atoms with Gasteiger partial charge >= 0.3 is 0 Å². The number of carbonyl (C=O) groups excluding carboxylic acids is 1. The number of amides is 1. The number of rotatable bonds is 3. The maximum Gasteiger partial charge on any atom is 0.274 e. The Bertz CT molecular complexity index is 799. The number of benzene rings is 1. The molecule has 132 valence electrons. The molecular formula is C18H22N4O3. The molecule has 0 bridgehead atoms. The lowest BCUT2D eigenvalue weighted by Gasteiger charge is -2.21. The molecule has 25 heavy (non-hydrogen) atoms. The first-order valence-corrected chi connectivity index (χ1v) is 8.15. The van der Waals surface area contributed by atoms with Gasteiger partial charge in [-0.05, 0) is 45.9 Å². The largest absolute Gasteiger partial charge is 0.486 e. The average Bonchev–Trinajstić information content (AvgIpc) is 2.52. The molecule has 0 saturated heterocycles. The van der Waals surface area contributed by atoms with E-state index in [1.54, 1.807) is 24.3 Å². The van der Waals surface area contributed by atoms with Crippen molar-refractivity contribution in [1.29, 1.82) is 0 Å². The number of anilines is 2. The summed E-state index contributed by atoms with van der Waals surface area (Å²) in [5.74, 6) is 1.43. The molecule has 0 radical (unpaired) electrons. The normalized spacial score (nSPS) is 13.3. The molecule has 0 saturated carbocycles. The van der Waals surface area contributed by atoms with Crippen LogP contribution in [0.1, 0.15) is 37.0 Å². The highest BCUT2D eigenvalue weighted by Crippen LogP contribution is 2.32. The standard InChI is InChI=1S/C18H22N4O3/c1-11-9-13(21-17(19-11)22-18(2,3)4)16(23)20-12-5-6-14-15(10-12)25-8-7-24-14/h5-6,9-10H,7-8H2,1-4H3,(H,20,23)(H,19,21,22). The van der Waals surface area contributed by atoms with Crippen LogP contribution < -0.4 is 20.1 Å². The van der Waals surface area contributed by atoms with E-state index in [4.69, 9.17) is 9.47 Å². The molecule has 0 aliphatic carbocycles. The molecule has 2 heterocycles. The Hall–Kier alpha value is -2.83. The highest BCUT2D eigenvalue weighted by Gasteiger charge is 2.17. The molecule has 1 aliphatic heterocycles. The zero-order valence-electron chi connectivity index (χ0n) is 14.8. The molecule has 1 aromatic heterocycles. The van der Waals surface area contributed by atoms with Crippen LogP contribution in [0.15, 0.2) is 24.3 Å². The minimum Gasteiger partial charge on any atom is -0.486 e. The first-order valence-electron chi connectivity index (χ1n) is 8.15. The van der Waals surface area contributed by atoms with Crippen molar-refractivity contribution < 1.29 is 14.3 Å². The van der Waals surface area contributed by atoms with E-state index in [1.165, 1.54) is 0 Å². The van der Waals surface area contributed by atoms with Crippen LogP contribution in [-0.4, -0.2) is 34.6 Å². The Kier molecular flexibility index (Phi) is 4.48. The van der Waals surface area contributed by atoms with Crippen molar-refractivity contribution in [2.24, 2.45) is 0 Å². The monoisotopic (exact) mass is 342 g/mol. The molecule has 2 aromatic rings. The quantitative estimate of drug-likeness (QED) is 0.892. The number of hydrogen-bond acceptors (Lipinski definition) is 6. The molecule has 0 atom stereocenters. The molecule has 7 nitrogen and oxygen atoms in total. The summed E-state index contributed by atoms with van der Waals surface area (Å²) in [6.07, 6.45) is 0. The number of ether oxygens (including phenoxy) is 2. The average molecular weight is 342 g/mol. The topological polar surface area (TPSA) is 85.4 Å². The van der Waals surface area contributed by atoms with E-state index in [-0.39, 0.29) is 11.4 Å². The van der Waals surface area contributed by atoms with Gasteiger partial charge in [0.15, 0.2) is 11.5 Å². The molecule has 0 fully saturated rings. The summed E-state index contributed by atoms with van der Waals surface area (Å²) in [7, 11) is 0. The van der Waals surface area contributed by atoms with Gasteiger partial charge in [-0.1, -0.05) is 0 Å². The molecular weight excluding hydrogens is 320 g/mol. The predicted molar refractivity (Wildman–Crippen MR) is 95.5 cm³/mol. The highest BCUT2D eigenvalue weighted by atomic mass is 16.6. The molecule has 0 spiro atoms. The Morgan fingerprint density at radius 3 is 2.52 bits per heavy atom. The van der Waals surface area contributed by atoms with Gasteiger partial charge in [0.2, 0.25) is 5.95 Å². The van der Waals surface area contributed by atoms with Gasteiger partial charge in [0.1, 0.15) is 18.9 Å².